The number of hydrogen-bond acceptors (Lipinski definition) is 3. The van der Waals surface area contributed by atoms with Crippen LogP contribution in [0.3, 0.4) is 0 Å². The third-order valence-corrected chi connectivity index (χ3v) is 3.33. The molecular weight excluding hydrogens is 250 g/mol. The van der Waals surface area contributed by atoms with Crippen LogP contribution in [0, 0.1) is 6.92 Å². The zero-order chi connectivity index (χ0) is 13.3. The Morgan fingerprint density at radius 1 is 1.44 bits per heavy atom. The van der Waals surface area contributed by atoms with E-state index in [-0.39, 0.29) is 0 Å². The maximum atomic E-state index is 10.4. The number of hydrogen-bond donors (Lipinski definition) is 2. The molecule has 1 heterocycles. The van der Waals surface area contributed by atoms with E-state index in [1.165, 1.54) is 0 Å². The molecule has 1 unspecified atom stereocenters. The SMILES string of the molecule is CCn1nc(C)c(C(O)c2ccccc2Cl)c1N. The molecule has 18 heavy (non-hydrogen) atoms. The smallest absolute Gasteiger partial charge is 0.128 e. The Balaban J connectivity index is 2.50. The first kappa shape index (κ1) is 12.9. The molecule has 0 saturated carbocycles. The molecule has 0 radical (unpaired) electrons. The van der Waals surface area contributed by atoms with Gasteiger partial charge in [0.25, 0.3) is 0 Å². The number of aliphatic hydroxyl groups is 1. The lowest BCUT2D eigenvalue weighted by atomic mass is 10.0. The fourth-order valence-electron chi connectivity index (χ4n) is 2.04. The van der Waals surface area contributed by atoms with Gasteiger partial charge < -0.3 is 10.8 Å². The zero-order valence-corrected chi connectivity index (χ0v) is 11.1. The molecule has 2 rings (SSSR count). The number of aromatic nitrogens is 2. The van der Waals surface area contributed by atoms with E-state index in [0.717, 1.165) is 5.69 Å². The summed E-state index contributed by atoms with van der Waals surface area (Å²) < 4.78 is 1.67. The van der Waals surface area contributed by atoms with Crippen LogP contribution in [0.1, 0.15) is 29.8 Å². The van der Waals surface area contributed by atoms with Gasteiger partial charge >= 0.3 is 0 Å². The second-order valence-electron chi connectivity index (χ2n) is 4.12. The summed E-state index contributed by atoms with van der Waals surface area (Å²) in [6, 6.07) is 7.19. The average molecular weight is 266 g/mol. The van der Waals surface area contributed by atoms with Crippen molar-refractivity contribution in [1.82, 2.24) is 9.78 Å². The van der Waals surface area contributed by atoms with Crippen molar-refractivity contribution in [2.24, 2.45) is 0 Å². The van der Waals surface area contributed by atoms with Gasteiger partial charge in [0.05, 0.1) is 5.69 Å². The predicted molar refractivity (Wildman–Crippen MR) is 72.6 cm³/mol. The number of halogens is 1. The minimum atomic E-state index is -0.848. The van der Waals surface area contributed by atoms with E-state index in [0.29, 0.717) is 28.5 Å². The fourth-order valence-corrected chi connectivity index (χ4v) is 2.28. The van der Waals surface area contributed by atoms with Crippen LogP contribution in [0.4, 0.5) is 5.82 Å². The monoisotopic (exact) mass is 265 g/mol. The van der Waals surface area contributed by atoms with Gasteiger partial charge in [0, 0.05) is 22.7 Å². The third kappa shape index (κ3) is 2.09. The van der Waals surface area contributed by atoms with Gasteiger partial charge in [0.1, 0.15) is 11.9 Å². The zero-order valence-electron chi connectivity index (χ0n) is 10.4. The number of anilines is 1. The number of nitrogens with zero attached hydrogens (tertiary/aromatic N) is 2. The lowest BCUT2D eigenvalue weighted by Crippen LogP contribution is -2.07. The molecule has 0 aliphatic heterocycles. The van der Waals surface area contributed by atoms with Crippen molar-refractivity contribution >= 4 is 17.4 Å². The quantitative estimate of drug-likeness (QED) is 0.896. The van der Waals surface area contributed by atoms with E-state index in [2.05, 4.69) is 5.10 Å². The molecule has 0 aliphatic carbocycles. The minimum Gasteiger partial charge on any atom is -0.384 e. The van der Waals surface area contributed by atoms with Crippen molar-refractivity contribution in [2.45, 2.75) is 26.5 Å². The first-order chi connectivity index (χ1) is 8.56. The van der Waals surface area contributed by atoms with Crippen molar-refractivity contribution in [3.05, 3.63) is 46.1 Å². The van der Waals surface area contributed by atoms with Gasteiger partial charge in [-0.15, -0.1) is 0 Å². The van der Waals surface area contributed by atoms with Gasteiger partial charge in [0.15, 0.2) is 0 Å². The van der Waals surface area contributed by atoms with Crippen molar-refractivity contribution in [3.63, 3.8) is 0 Å². The minimum absolute atomic E-state index is 0.488. The van der Waals surface area contributed by atoms with Gasteiger partial charge in [-0.3, -0.25) is 0 Å². The summed E-state index contributed by atoms with van der Waals surface area (Å²) in [5, 5.41) is 15.2. The molecule has 0 fully saturated rings. The van der Waals surface area contributed by atoms with Crippen LogP contribution in [0.5, 0.6) is 0 Å². The second-order valence-corrected chi connectivity index (χ2v) is 4.53. The van der Waals surface area contributed by atoms with E-state index >= 15 is 0 Å². The fraction of sp³-hybridized carbons (Fsp3) is 0.308. The molecule has 0 bridgehead atoms. The van der Waals surface area contributed by atoms with Crippen LogP contribution < -0.4 is 5.73 Å². The van der Waals surface area contributed by atoms with Crippen LogP contribution in [-0.2, 0) is 6.54 Å². The first-order valence-corrected chi connectivity index (χ1v) is 6.19. The number of benzene rings is 1. The largest absolute Gasteiger partial charge is 0.384 e. The molecule has 0 amide bonds. The highest BCUT2D eigenvalue weighted by Gasteiger charge is 2.22. The van der Waals surface area contributed by atoms with Crippen LogP contribution in [-0.4, -0.2) is 14.9 Å². The summed E-state index contributed by atoms with van der Waals surface area (Å²) in [6.07, 6.45) is -0.848. The molecule has 1 aromatic heterocycles. The molecule has 96 valence electrons. The maximum absolute atomic E-state index is 10.4. The average Bonchev–Trinajstić information content (AvgIpc) is 2.64. The molecular formula is C13H16ClN3O. The molecule has 2 aromatic rings. The van der Waals surface area contributed by atoms with E-state index in [1.807, 2.05) is 26.0 Å². The molecule has 1 atom stereocenters. The van der Waals surface area contributed by atoms with Gasteiger partial charge in [-0.2, -0.15) is 5.10 Å². The van der Waals surface area contributed by atoms with Crippen molar-refractivity contribution in [2.75, 3.05) is 5.73 Å². The van der Waals surface area contributed by atoms with Crippen LogP contribution in [0.25, 0.3) is 0 Å². The van der Waals surface area contributed by atoms with E-state index in [1.54, 1.807) is 16.8 Å². The van der Waals surface area contributed by atoms with E-state index in [9.17, 15) is 5.11 Å². The molecule has 4 nitrogen and oxygen atoms in total. The number of rotatable bonds is 3. The van der Waals surface area contributed by atoms with E-state index < -0.39 is 6.10 Å². The van der Waals surface area contributed by atoms with Gasteiger partial charge in [0.2, 0.25) is 0 Å². The second kappa shape index (κ2) is 5.00. The summed E-state index contributed by atoms with van der Waals surface area (Å²) in [7, 11) is 0. The Morgan fingerprint density at radius 2 is 2.11 bits per heavy atom. The Hall–Kier alpha value is -1.52. The van der Waals surface area contributed by atoms with Crippen molar-refractivity contribution < 1.29 is 5.11 Å². The molecule has 5 heteroatoms. The highest BCUT2D eigenvalue weighted by Crippen LogP contribution is 2.32. The first-order valence-electron chi connectivity index (χ1n) is 5.81. The van der Waals surface area contributed by atoms with Crippen LogP contribution >= 0.6 is 11.6 Å². The molecule has 3 N–H and O–H groups in total. The molecule has 0 spiro atoms. The summed E-state index contributed by atoms with van der Waals surface area (Å²) >= 11 is 6.09. The summed E-state index contributed by atoms with van der Waals surface area (Å²) in [5.74, 6) is 0.488. The van der Waals surface area contributed by atoms with Crippen molar-refractivity contribution in [3.8, 4) is 0 Å². The van der Waals surface area contributed by atoms with Gasteiger partial charge in [-0.25, -0.2) is 4.68 Å². The van der Waals surface area contributed by atoms with Gasteiger partial charge in [-0.05, 0) is 19.9 Å². The Labute approximate surface area is 111 Å². The maximum Gasteiger partial charge on any atom is 0.128 e. The topological polar surface area (TPSA) is 64.1 Å². The summed E-state index contributed by atoms with van der Waals surface area (Å²) in [6.45, 7) is 4.45. The highest BCUT2D eigenvalue weighted by molar-refractivity contribution is 6.31. The third-order valence-electron chi connectivity index (χ3n) is 2.99. The Bertz CT molecular complexity index is 565. The molecule has 0 saturated heterocycles. The molecule has 0 aliphatic rings. The predicted octanol–water partition coefficient (Wildman–Crippen LogP) is 2.53. The molecule has 1 aromatic carbocycles. The number of aryl methyl sites for hydroxylation is 2. The number of aliphatic hydroxyl groups excluding tert-OH is 1. The van der Waals surface area contributed by atoms with Gasteiger partial charge in [-0.1, -0.05) is 29.8 Å². The van der Waals surface area contributed by atoms with Crippen molar-refractivity contribution in [1.29, 1.82) is 0 Å². The lowest BCUT2D eigenvalue weighted by molar-refractivity contribution is 0.220. The van der Waals surface area contributed by atoms with Crippen LogP contribution in [0.2, 0.25) is 5.02 Å². The number of nitrogens with two attached hydrogens (primary N) is 1. The normalized spacial score (nSPS) is 12.7. The summed E-state index contributed by atoms with van der Waals surface area (Å²) in [4.78, 5) is 0. The standard InChI is InChI=1S/C13H16ClN3O/c1-3-17-13(15)11(8(2)16-17)12(18)9-6-4-5-7-10(9)14/h4-7,12,18H,3,15H2,1-2H3. The highest BCUT2D eigenvalue weighted by atomic mass is 35.5. The lowest BCUT2D eigenvalue weighted by Gasteiger charge is -2.13. The Morgan fingerprint density at radius 3 is 2.67 bits per heavy atom. The summed E-state index contributed by atoms with van der Waals surface area (Å²) in [5.41, 5.74) is 8.00. The van der Waals surface area contributed by atoms with Crippen LogP contribution in [0.15, 0.2) is 24.3 Å². The Kier molecular flexibility index (Phi) is 3.59. The van der Waals surface area contributed by atoms with E-state index in [4.69, 9.17) is 17.3 Å². The number of nitrogen functional groups attached to an aromatic ring is 1.